The molecule has 1 saturated heterocycles. The average Bonchev–Trinajstić information content (AvgIpc) is 2.95. The fourth-order valence-corrected chi connectivity index (χ4v) is 4.13. The molecule has 5 heteroatoms. The van der Waals surface area contributed by atoms with Gasteiger partial charge >= 0.3 is 0 Å². The standard InChI is InChI=1S/C19H31N3O2/c1-14-6-8-22(9-7-14)13-16-4-3-5-17(11-16)20-19(23)12-18-10-15(2)21-24-18/h10,14,16-17H,3-9,11-13H2,1-2H3,(H,20,23)/t16-,17+/m1/s1. The topological polar surface area (TPSA) is 58.4 Å². The van der Waals surface area contributed by atoms with Gasteiger partial charge in [-0.3, -0.25) is 4.79 Å². The zero-order chi connectivity index (χ0) is 16.9. The molecular formula is C19H31N3O2. The molecule has 134 valence electrons. The normalized spacial score (nSPS) is 26.4. The second-order valence-corrected chi connectivity index (χ2v) is 7.89. The molecule has 0 aromatic carbocycles. The maximum absolute atomic E-state index is 12.2. The summed E-state index contributed by atoms with van der Waals surface area (Å²) in [6, 6.07) is 2.16. The Balaban J connectivity index is 1.42. The Labute approximate surface area is 145 Å². The molecule has 1 saturated carbocycles. The van der Waals surface area contributed by atoms with E-state index >= 15 is 0 Å². The van der Waals surface area contributed by atoms with Gasteiger partial charge < -0.3 is 14.7 Å². The van der Waals surface area contributed by atoms with Crippen molar-refractivity contribution in [3.63, 3.8) is 0 Å². The Morgan fingerprint density at radius 2 is 2.12 bits per heavy atom. The van der Waals surface area contributed by atoms with Gasteiger partial charge in [-0.1, -0.05) is 18.5 Å². The van der Waals surface area contributed by atoms with Crippen LogP contribution >= 0.6 is 0 Å². The SMILES string of the molecule is Cc1cc(CC(=O)N[C@H]2CCC[C@@H](CN3CCC(C)CC3)C2)on1. The van der Waals surface area contributed by atoms with Crippen LogP contribution in [0.5, 0.6) is 0 Å². The predicted molar refractivity (Wildman–Crippen MR) is 93.7 cm³/mol. The number of aromatic nitrogens is 1. The molecule has 24 heavy (non-hydrogen) atoms. The number of amides is 1. The van der Waals surface area contributed by atoms with Crippen LogP contribution in [-0.2, 0) is 11.2 Å². The van der Waals surface area contributed by atoms with Crippen LogP contribution in [0.15, 0.2) is 10.6 Å². The van der Waals surface area contributed by atoms with Crippen LogP contribution in [0.2, 0.25) is 0 Å². The van der Waals surface area contributed by atoms with E-state index in [-0.39, 0.29) is 5.91 Å². The van der Waals surface area contributed by atoms with Crippen LogP contribution in [-0.4, -0.2) is 41.6 Å². The van der Waals surface area contributed by atoms with E-state index in [0.717, 1.165) is 30.4 Å². The van der Waals surface area contributed by atoms with E-state index in [0.29, 0.717) is 18.2 Å². The van der Waals surface area contributed by atoms with E-state index in [1.807, 2.05) is 13.0 Å². The summed E-state index contributed by atoms with van der Waals surface area (Å²) < 4.78 is 5.14. The summed E-state index contributed by atoms with van der Waals surface area (Å²) in [4.78, 5) is 14.8. The molecule has 1 amide bonds. The summed E-state index contributed by atoms with van der Waals surface area (Å²) in [7, 11) is 0. The number of hydrogen-bond acceptors (Lipinski definition) is 4. The Morgan fingerprint density at radius 1 is 1.33 bits per heavy atom. The lowest BCUT2D eigenvalue weighted by molar-refractivity contribution is -0.121. The summed E-state index contributed by atoms with van der Waals surface area (Å²) in [6.07, 6.45) is 7.72. The van der Waals surface area contributed by atoms with Crippen molar-refractivity contribution in [3.05, 3.63) is 17.5 Å². The second-order valence-electron chi connectivity index (χ2n) is 7.89. The summed E-state index contributed by atoms with van der Waals surface area (Å²) >= 11 is 0. The Bertz CT molecular complexity index is 534. The summed E-state index contributed by atoms with van der Waals surface area (Å²) in [6.45, 7) is 7.94. The maximum Gasteiger partial charge on any atom is 0.227 e. The highest BCUT2D eigenvalue weighted by molar-refractivity contribution is 5.78. The average molecular weight is 333 g/mol. The number of carbonyl (C=O) groups is 1. The molecule has 1 aromatic rings. The zero-order valence-corrected chi connectivity index (χ0v) is 15.1. The van der Waals surface area contributed by atoms with Crippen molar-refractivity contribution in [1.82, 2.24) is 15.4 Å². The lowest BCUT2D eigenvalue weighted by atomic mass is 9.84. The van der Waals surface area contributed by atoms with Gasteiger partial charge in [-0.15, -0.1) is 0 Å². The van der Waals surface area contributed by atoms with E-state index in [1.165, 1.54) is 45.3 Å². The lowest BCUT2D eigenvalue weighted by Crippen LogP contribution is -2.43. The monoisotopic (exact) mass is 333 g/mol. The van der Waals surface area contributed by atoms with Crippen molar-refractivity contribution in [3.8, 4) is 0 Å². The number of nitrogens with one attached hydrogen (secondary N) is 1. The highest BCUT2D eigenvalue weighted by atomic mass is 16.5. The summed E-state index contributed by atoms with van der Waals surface area (Å²) in [5.41, 5.74) is 0.825. The molecule has 1 N–H and O–H groups in total. The van der Waals surface area contributed by atoms with Gasteiger partial charge in [0.25, 0.3) is 0 Å². The molecule has 0 bridgehead atoms. The molecule has 1 aliphatic heterocycles. The number of carbonyl (C=O) groups excluding carboxylic acids is 1. The molecule has 0 spiro atoms. The zero-order valence-electron chi connectivity index (χ0n) is 15.1. The van der Waals surface area contributed by atoms with Crippen molar-refractivity contribution in [2.24, 2.45) is 11.8 Å². The third-order valence-corrected chi connectivity index (χ3v) is 5.55. The summed E-state index contributed by atoms with van der Waals surface area (Å²) in [5.74, 6) is 2.33. The minimum absolute atomic E-state index is 0.0589. The Morgan fingerprint density at radius 3 is 2.83 bits per heavy atom. The highest BCUT2D eigenvalue weighted by Crippen LogP contribution is 2.27. The number of nitrogens with zero attached hydrogens (tertiary/aromatic N) is 2. The van der Waals surface area contributed by atoms with Crippen LogP contribution in [0.3, 0.4) is 0 Å². The Hall–Kier alpha value is -1.36. The van der Waals surface area contributed by atoms with E-state index in [9.17, 15) is 4.79 Å². The smallest absolute Gasteiger partial charge is 0.227 e. The molecule has 0 unspecified atom stereocenters. The third kappa shape index (κ3) is 5.07. The molecule has 0 radical (unpaired) electrons. The van der Waals surface area contributed by atoms with Crippen LogP contribution in [0.1, 0.15) is 56.9 Å². The summed E-state index contributed by atoms with van der Waals surface area (Å²) in [5, 5.41) is 7.04. The van der Waals surface area contributed by atoms with Crippen LogP contribution < -0.4 is 5.32 Å². The molecule has 1 aromatic heterocycles. The number of hydrogen-bond donors (Lipinski definition) is 1. The van der Waals surface area contributed by atoms with Crippen LogP contribution in [0.25, 0.3) is 0 Å². The highest BCUT2D eigenvalue weighted by Gasteiger charge is 2.26. The van der Waals surface area contributed by atoms with E-state index in [1.54, 1.807) is 0 Å². The largest absolute Gasteiger partial charge is 0.361 e. The van der Waals surface area contributed by atoms with Crippen molar-refractivity contribution < 1.29 is 9.32 Å². The van der Waals surface area contributed by atoms with E-state index in [4.69, 9.17) is 4.52 Å². The van der Waals surface area contributed by atoms with Gasteiger partial charge in [0.15, 0.2) is 0 Å². The first-order valence-electron chi connectivity index (χ1n) is 9.52. The third-order valence-electron chi connectivity index (χ3n) is 5.55. The van der Waals surface area contributed by atoms with Gasteiger partial charge in [0, 0.05) is 18.7 Å². The van der Waals surface area contributed by atoms with Gasteiger partial charge in [-0.2, -0.15) is 0 Å². The van der Waals surface area contributed by atoms with Crippen molar-refractivity contribution in [2.75, 3.05) is 19.6 Å². The number of piperidine rings is 1. The van der Waals surface area contributed by atoms with Gasteiger partial charge in [0.1, 0.15) is 5.76 Å². The number of likely N-dealkylation sites (tertiary alicyclic amines) is 1. The quantitative estimate of drug-likeness (QED) is 0.900. The molecule has 5 nitrogen and oxygen atoms in total. The minimum atomic E-state index is 0.0589. The maximum atomic E-state index is 12.2. The second kappa shape index (κ2) is 8.15. The first kappa shape index (κ1) is 17.5. The van der Waals surface area contributed by atoms with Crippen LogP contribution in [0, 0.1) is 18.8 Å². The lowest BCUT2D eigenvalue weighted by Gasteiger charge is -2.36. The number of aryl methyl sites for hydroxylation is 1. The van der Waals surface area contributed by atoms with E-state index < -0.39 is 0 Å². The molecule has 2 heterocycles. The molecule has 1 aliphatic carbocycles. The molecular weight excluding hydrogens is 302 g/mol. The molecule has 2 atom stereocenters. The molecule has 2 fully saturated rings. The first-order valence-corrected chi connectivity index (χ1v) is 9.52. The van der Waals surface area contributed by atoms with Crippen molar-refractivity contribution in [2.45, 2.75) is 64.8 Å². The van der Waals surface area contributed by atoms with Crippen LogP contribution in [0.4, 0.5) is 0 Å². The first-order chi connectivity index (χ1) is 11.6. The van der Waals surface area contributed by atoms with Crippen molar-refractivity contribution in [1.29, 1.82) is 0 Å². The van der Waals surface area contributed by atoms with Gasteiger partial charge in [-0.05, 0) is 64.0 Å². The van der Waals surface area contributed by atoms with E-state index in [2.05, 4.69) is 22.3 Å². The number of rotatable bonds is 5. The van der Waals surface area contributed by atoms with Gasteiger partial charge in [-0.25, -0.2) is 0 Å². The molecule has 3 rings (SSSR count). The minimum Gasteiger partial charge on any atom is -0.361 e. The molecule has 2 aliphatic rings. The Kier molecular flexibility index (Phi) is 5.93. The van der Waals surface area contributed by atoms with Gasteiger partial charge in [0.05, 0.1) is 12.1 Å². The fourth-order valence-electron chi connectivity index (χ4n) is 4.13. The predicted octanol–water partition coefficient (Wildman–Crippen LogP) is 2.93. The van der Waals surface area contributed by atoms with Gasteiger partial charge in [0.2, 0.25) is 5.91 Å². The fraction of sp³-hybridized carbons (Fsp3) is 0.789. The van der Waals surface area contributed by atoms with Crippen molar-refractivity contribution >= 4 is 5.91 Å².